The summed E-state index contributed by atoms with van der Waals surface area (Å²) in [5.74, 6) is 0.687. The molecule has 0 saturated heterocycles. The van der Waals surface area contributed by atoms with Crippen molar-refractivity contribution in [2.75, 3.05) is 0 Å². The summed E-state index contributed by atoms with van der Waals surface area (Å²) in [6, 6.07) is 15.5. The first kappa shape index (κ1) is 19.6. The van der Waals surface area contributed by atoms with Gasteiger partial charge in [0, 0.05) is 22.6 Å². The van der Waals surface area contributed by atoms with Crippen LogP contribution in [0.3, 0.4) is 0 Å². The number of carbonyl (C=O) groups is 1. The molecule has 1 aromatic heterocycles. The Morgan fingerprint density at radius 3 is 2.54 bits per heavy atom. The number of oxazole rings is 1. The van der Waals surface area contributed by atoms with Crippen LogP contribution in [0.25, 0.3) is 11.5 Å². The van der Waals surface area contributed by atoms with Crippen molar-refractivity contribution in [3.8, 4) is 11.5 Å². The predicted octanol–water partition coefficient (Wildman–Crippen LogP) is 4.78. The van der Waals surface area contributed by atoms with E-state index in [0.29, 0.717) is 17.3 Å². The number of ether oxygens (including phenoxy) is 1. The molecule has 7 nitrogen and oxygen atoms in total. The molecule has 144 valence electrons. The van der Waals surface area contributed by atoms with Gasteiger partial charge in [-0.05, 0) is 38.1 Å². The number of aryl methyl sites for hydroxylation is 1. The van der Waals surface area contributed by atoms with E-state index in [1.54, 1.807) is 26.0 Å². The Balaban J connectivity index is 1.57. The van der Waals surface area contributed by atoms with Gasteiger partial charge in [-0.3, -0.25) is 14.9 Å². The zero-order valence-electron chi connectivity index (χ0n) is 15.3. The Morgan fingerprint density at radius 2 is 1.89 bits per heavy atom. The maximum atomic E-state index is 12.3. The molecule has 0 radical (unpaired) electrons. The monoisotopic (exact) mass is 398 g/mol. The summed E-state index contributed by atoms with van der Waals surface area (Å²) in [7, 11) is 0. The van der Waals surface area contributed by atoms with Crippen LogP contribution in [0, 0.1) is 17.0 Å². The van der Waals surface area contributed by atoms with Crippen LogP contribution in [0.1, 0.15) is 18.4 Å². The Bertz CT molecular complexity index is 970. The van der Waals surface area contributed by atoms with Crippen molar-refractivity contribution >= 4 is 23.4 Å². The van der Waals surface area contributed by atoms with Gasteiger partial charge < -0.3 is 9.15 Å². The topological polar surface area (TPSA) is 95.5 Å². The molecule has 3 aromatic rings. The second kappa shape index (κ2) is 8.71. The molecule has 2 aromatic carbocycles. The minimum Gasteiger partial charge on any atom is -0.458 e. The van der Waals surface area contributed by atoms with E-state index in [0.717, 1.165) is 10.5 Å². The van der Waals surface area contributed by atoms with Gasteiger partial charge in [-0.2, -0.15) is 0 Å². The second-order valence-electron chi connectivity index (χ2n) is 6.01. The third-order valence-corrected chi connectivity index (χ3v) is 5.05. The highest BCUT2D eigenvalue weighted by atomic mass is 32.2. The van der Waals surface area contributed by atoms with E-state index in [1.807, 2.05) is 30.3 Å². The number of nitro benzene ring substituents is 1. The van der Waals surface area contributed by atoms with Gasteiger partial charge >= 0.3 is 5.97 Å². The molecule has 0 aliphatic rings. The SMILES string of the molecule is Cc1oc(-c2ccccc2)nc1COC(=O)C(C)Sc1ccc([N+](=O)[O-])cc1. The molecular weight excluding hydrogens is 380 g/mol. The number of nitrogens with zero attached hydrogens (tertiary/aromatic N) is 2. The van der Waals surface area contributed by atoms with E-state index >= 15 is 0 Å². The normalized spacial score (nSPS) is 11.8. The molecule has 3 rings (SSSR count). The van der Waals surface area contributed by atoms with Crippen molar-refractivity contribution in [2.45, 2.75) is 30.6 Å². The minimum absolute atomic E-state index is 0.00954. The van der Waals surface area contributed by atoms with E-state index in [-0.39, 0.29) is 12.3 Å². The van der Waals surface area contributed by atoms with Crippen molar-refractivity contribution in [3.05, 3.63) is 76.2 Å². The van der Waals surface area contributed by atoms with E-state index in [2.05, 4.69) is 4.98 Å². The van der Waals surface area contributed by atoms with Gasteiger partial charge in [0.15, 0.2) is 0 Å². The van der Waals surface area contributed by atoms with E-state index < -0.39 is 16.1 Å². The van der Waals surface area contributed by atoms with Crippen LogP contribution in [-0.2, 0) is 16.1 Å². The van der Waals surface area contributed by atoms with Crippen molar-refractivity contribution in [3.63, 3.8) is 0 Å². The number of non-ortho nitro benzene ring substituents is 1. The second-order valence-corrected chi connectivity index (χ2v) is 7.42. The number of thioether (sulfide) groups is 1. The summed E-state index contributed by atoms with van der Waals surface area (Å²) in [4.78, 5) is 27.7. The molecule has 0 aliphatic heterocycles. The maximum Gasteiger partial charge on any atom is 0.319 e. The van der Waals surface area contributed by atoms with Crippen molar-refractivity contribution in [1.29, 1.82) is 0 Å². The fourth-order valence-electron chi connectivity index (χ4n) is 2.42. The summed E-state index contributed by atoms with van der Waals surface area (Å²) in [6.07, 6.45) is 0. The van der Waals surface area contributed by atoms with Gasteiger partial charge in [0.2, 0.25) is 5.89 Å². The van der Waals surface area contributed by atoms with Gasteiger partial charge in [0.25, 0.3) is 5.69 Å². The molecule has 1 atom stereocenters. The lowest BCUT2D eigenvalue weighted by Gasteiger charge is -2.10. The van der Waals surface area contributed by atoms with Gasteiger partial charge in [0.1, 0.15) is 23.3 Å². The van der Waals surface area contributed by atoms with Crippen molar-refractivity contribution in [2.24, 2.45) is 0 Å². The number of carbonyl (C=O) groups excluding carboxylic acids is 1. The molecule has 0 fully saturated rings. The lowest BCUT2D eigenvalue weighted by molar-refractivity contribution is -0.384. The molecule has 0 bridgehead atoms. The first-order chi connectivity index (χ1) is 13.4. The summed E-state index contributed by atoms with van der Waals surface area (Å²) in [5.41, 5.74) is 1.43. The van der Waals surface area contributed by atoms with Gasteiger partial charge in [-0.15, -0.1) is 11.8 Å². The molecule has 0 spiro atoms. The largest absolute Gasteiger partial charge is 0.458 e. The Labute approximate surface area is 165 Å². The lowest BCUT2D eigenvalue weighted by Crippen LogP contribution is -2.17. The smallest absolute Gasteiger partial charge is 0.319 e. The molecule has 0 N–H and O–H groups in total. The third kappa shape index (κ3) is 4.77. The van der Waals surface area contributed by atoms with Crippen molar-refractivity contribution < 1.29 is 18.9 Å². The summed E-state index contributed by atoms with van der Waals surface area (Å²) in [6.45, 7) is 3.52. The molecule has 0 saturated carbocycles. The molecule has 28 heavy (non-hydrogen) atoms. The van der Waals surface area contributed by atoms with Crippen LogP contribution in [0.5, 0.6) is 0 Å². The average Bonchev–Trinajstić information content (AvgIpc) is 3.08. The molecule has 1 heterocycles. The zero-order chi connectivity index (χ0) is 20.1. The first-order valence-electron chi connectivity index (χ1n) is 8.53. The average molecular weight is 398 g/mol. The highest BCUT2D eigenvalue weighted by molar-refractivity contribution is 8.00. The molecule has 1 unspecified atom stereocenters. The standard InChI is InChI=1S/C20H18N2O5S/c1-13-18(21-19(27-13)15-6-4-3-5-7-15)12-26-20(23)14(2)28-17-10-8-16(9-11-17)22(24)25/h3-11,14H,12H2,1-2H3. The van der Waals surface area contributed by atoms with E-state index in [1.165, 1.54) is 23.9 Å². The molecule has 0 amide bonds. The minimum atomic E-state index is -0.470. The van der Waals surface area contributed by atoms with Gasteiger partial charge in [-0.1, -0.05) is 18.2 Å². The van der Waals surface area contributed by atoms with Crippen LogP contribution in [-0.4, -0.2) is 21.1 Å². The molecular formula is C20H18N2O5S. The van der Waals surface area contributed by atoms with E-state index in [9.17, 15) is 14.9 Å². The number of aromatic nitrogens is 1. The maximum absolute atomic E-state index is 12.3. The van der Waals surface area contributed by atoms with Gasteiger partial charge in [-0.25, -0.2) is 4.98 Å². The number of rotatable bonds is 7. The highest BCUT2D eigenvalue weighted by Gasteiger charge is 2.19. The highest BCUT2D eigenvalue weighted by Crippen LogP contribution is 2.27. The Morgan fingerprint density at radius 1 is 1.21 bits per heavy atom. The van der Waals surface area contributed by atoms with Crippen LogP contribution < -0.4 is 0 Å². The fraction of sp³-hybridized carbons (Fsp3) is 0.200. The summed E-state index contributed by atoms with van der Waals surface area (Å²) in [5, 5.41) is 10.2. The number of nitro groups is 1. The quantitative estimate of drug-likeness (QED) is 0.244. The Hall–Kier alpha value is -3.13. The van der Waals surface area contributed by atoms with Crippen LogP contribution in [0.4, 0.5) is 5.69 Å². The van der Waals surface area contributed by atoms with Crippen LogP contribution in [0.2, 0.25) is 0 Å². The number of hydrogen-bond donors (Lipinski definition) is 0. The third-order valence-electron chi connectivity index (χ3n) is 3.96. The predicted molar refractivity (Wildman–Crippen MR) is 105 cm³/mol. The van der Waals surface area contributed by atoms with Gasteiger partial charge in [0.05, 0.1) is 4.92 Å². The van der Waals surface area contributed by atoms with Crippen molar-refractivity contribution in [1.82, 2.24) is 4.98 Å². The number of benzene rings is 2. The molecule has 0 aliphatic carbocycles. The summed E-state index contributed by atoms with van der Waals surface area (Å²) >= 11 is 1.27. The lowest BCUT2D eigenvalue weighted by atomic mass is 10.2. The first-order valence-corrected chi connectivity index (χ1v) is 9.41. The Kier molecular flexibility index (Phi) is 6.10. The zero-order valence-corrected chi connectivity index (χ0v) is 16.1. The number of hydrogen-bond acceptors (Lipinski definition) is 7. The molecule has 8 heteroatoms. The van der Waals surface area contributed by atoms with Crippen LogP contribution in [0.15, 0.2) is 63.9 Å². The van der Waals surface area contributed by atoms with E-state index in [4.69, 9.17) is 9.15 Å². The summed E-state index contributed by atoms with van der Waals surface area (Å²) < 4.78 is 11.0. The fourth-order valence-corrected chi connectivity index (χ4v) is 3.29. The van der Waals surface area contributed by atoms with Crippen LogP contribution >= 0.6 is 11.8 Å². The number of esters is 1.